The van der Waals surface area contributed by atoms with Gasteiger partial charge in [-0.3, -0.25) is 4.98 Å². The van der Waals surface area contributed by atoms with E-state index >= 15 is 0 Å². The van der Waals surface area contributed by atoms with Crippen LogP contribution >= 0.6 is 0 Å². The topological polar surface area (TPSA) is 162 Å². The van der Waals surface area contributed by atoms with Crippen molar-refractivity contribution in [2.75, 3.05) is 5.32 Å². The highest BCUT2D eigenvalue weighted by Gasteiger charge is 2.24. The first-order valence-corrected chi connectivity index (χ1v) is 9.91. The first-order valence-electron chi connectivity index (χ1n) is 9.91. The Labute approximate surface area is 164 Å². The van der Waals surface area contributed by atoms with Gasteiger partial charge in [0.05, 0.1) is 12.2 Å². The smallest absolute Gasteiger partial charge is 0.326 e. The summed E-state index contributed by atoms with van der Waals surface area (Å²) < 4.78 is 1.58. The average Bonchev–Trinajstić information content (AvgIpc) is 3.33. The third kappa shape index (κ3) is 3.60. The molecule has 3 aromatic rings. The molecule has 0 spiro atoms. The van der Waals surface area contributed by atoms with E-state index in [1.54, 1.807) is 16.8 Å². The van der Waals surface area contributed by atoms with Gasteiger partial charge in [0.1, 0.15) is 5.69 Å². The number of hydrogen-bond donors (Lipinski definition) is 5. The molecule has 29 heavy (non-hydrogen) atoms. The van der Waals surface area contributed by atoms with Gasteiger partial charge in [-0.15, -0.1) is 0 Å². The summed E-state index contributed by atoms with van der Waals surface area (Å²) in [4.78, 5) is 30.1. The Balaban J connectivity index is 1.63. The molecule has 2 unspecified atom stereocenters. The Kier molecular flexibility index (Phi) is 4.31. The van der Waals surface area contributed by atoms with Gasteiger partial charge in [-0.1, -0.05) is 12.8 Å². The Morgan fingerprint density at radius 3 is 2.79 bits per heavy atom. The zero-order chi connectivity index (χ0) is 20.0. The number of imidazole rings is 1. The molecular formula is C18H23N9O2. The highest BCUT2D eigenvalue weighted by atomic mass is 16.3. The minimum absolute atomic E-state index is 0.0604. The van der Waals surface area contributed by atoms with Gasteiger partial charge in [-0.2, -0.15) is 19.6 Å². The average molecular weight is 397 g/mol. The molecule has 2 saturated carbocycles. The normalized spacial score (nSPS) is 23.8. The van der Waals surface area contributed by atoms with E-state index in [0.29, 0.717) is 22.4 Å². The number of aromatic hydroxyl groups is 1. The Morgan fingerprint density at radius 2 is 2.07 bits per heavy atom. The highest BCUT2D eigenvalue weighted by Crippen LogP contribution is 2.22. The fourth-order valence-corrected chi connectivity index (χ4v) is 3.65. The summed E-state index contributed by atoms with van der Waals surface area (Å²) in [5.74, 6) is 0.221. The van der Waals surface area contributed by atoms with Crippen molar-refractivity contribution in [2.24, 2.45) is 10.7 Å². The SMILES string of the molecule is NC1CCCCC1Nc1nc(=NC2CC2)n2ncc(=Cc3[nH]c(=O)[nH]c3O)c2n1. The standard InChI is InChI=1S/C18H23N9O2/c19-11-3-1-2-4-12(11)22-16-24-14-9(7-13-15(28)25-18(29)23-13)8-20-27(14)17(26-16)21-10-5-6-10/h7-8,10-12,28H,1-6,19H2,(H,21,22,26)(H2,23,25,29). The molecule has 11 nitrogen and oxygen atoms in total. The van der Waals surface area contributed by atoms with Gasteiger partial charge in [0.25, 0.3) is 5.62 Å². The fraction of sp³-hybridized carbons (Fsp3) is 0.500. The van der Waals surface area contributed by atoms with Crippen molar-refractivity contribution in [2.45, 2.75) is 56.7 Å². The summed E-state index contributed by atoms with van der Waals surface area (Å²) in [5.41, 5.74) is 7.06. The van der Waals surface area contributed by atoms with Gasteiger partial charge >= 0.3 is 5.69 Å². The molecule has 11 heteroatoms. The number of nitrogens with zero attached hydrogens (tertiary/aromatic N) is 5. The zero-order valence-corrected chi connectivity index (χ0v) is 15.8. The largest absolute Gasteiger partial charge is 0.493 e. The van der Waals surface area contributed by atoms with Gasteiger partial charge in [0.15, 0.2) is 5.65 Å². The highest BCUT2D eigenvalue weighted by molar-refractivity contribution is 5.57. The van der Waals surface area contributed by atoms with Crippen LogP contribution in [0.2, 0.25) is 0 Å². The summed E-state index contributed by atoms with van der Waals surface area (Å²) in [6.45, 7) is 0. The predicted molar refractivity (Wildman–Crippen MR) is 105 cm³/mol. The van der Waals surface area contributed by atoms with E-state index in [2.05, 4.69) is 35.3 Å². The van der Waals surface area contributed by atoms with Crippen molar-refractivity contribution in [1.82, 2.24) is 29.5 Å². The second-order valence-electron chi connectivity index (χ2n) is 7.73. The molecule has 0 saturated heterocycles. The van der Waals surface area contributed by atoms with Crippen LogP contribution in [0, 0.1) is 0 Å². The summed E-state index contributed by atoms with van der Waals surface area (Å²) in [5, 5.41) is 18.2. The fourth-order valence-electron chi connectivity index (χ4n) is 3.65. The molecule has 2 aliphatic rings. The zero-order valence-electron chi connectivity index (χ0n) is 15.8. The van der Waals surface area contributed by atoms with E-state index in [-0.39, 0.29) is 29.7 Å². The van der Waals surface area contributed by atoms with Crippen LogP contribution in [0.3, 0.4) is 0 Å². The van der Waals surface area contributed by atoms with Gasteiger partial charge in [-0.05, 0) is 31.8 Å². The first-order chi connectivity index (χ1) is 14.1. The third-order valence-corrected chi connectivity index (χ3v) is 5.39. The molecule has 5 rings (SSSR count). The first kappa shape index (κ1) is 17.9. The second kappa shape index (κ2) is 6.99. The summed E-state index contributed by atoms with van der Waals surface area (Å²) in [6.07, 6.45) is 9.52. The van der Waals surface area contributed by atoms with Crippen molar-refractivity contribution in [3.63, 3.8) is 0 Å². The van der Waals surface area contributed by atoms with Gasteiger partial charge in [0, 0.05) is 17.3 Å². The van der Waals surface area contributed by atoms with Gasteiger partial charge in [0.2, 0.25) is 11.8 Å². The maximum atomic E-state index is 11.4. The lowest BCUT2D eigenvalue weighted by Crippen LogP contribution is -2.43. The molecule has 0 aromatic carbocycles. The van der Waals surface area contributed by atoms with Crippen molar-refractivity contribution in [3.8, 4) is 5.88 Å². The number of hydrogen-bond acceptors (Lipinski definition) is 8. The number of aromatic amines is 2. The number of H-pyrrole nitrogens is 2. The van der Waals surface area contributed by atoms with Crippen LogP contribution in [0.25, 0.3) is 11.7 Å². The number of fused-ring (bicyclic) bond motifs is 1. The van der Waals surface area contributed by atoms with E-state index in [1.807, 2.05) is 0 Å². The lowest BCUT2D eigenvalue weighted by Gasteiger charge is -2.29. The molecule has 2 fully saturated rings. The van der Waals surface area contributed by atoms with Crippen LogP contribution in [0.1, 0.15) is 44.2 Å². The molecule has 0 aliphatic heterocycles. The number of anilines is 1. The maximum Gasteiger partial charge on any atom is 0.326 e. The minimum Gasteiger partial charge on any atom is -0.493 e. The van der Waals surface area contributed by atoms with Crippen LogP contribution in [-0.2, 0) is 0 Å². The van der Waals surface area contributed by atoms with Crippen LogP contribution in [-0.4, -0.2) is 52.8 Å². The molecule has 3 aromatic heterocycles. The lowest BCUT2D eigenvalue weighted by molar-refractivity contribution is 0.402. The van der Waals surface area contributed by atoms with Crippen molar-refractivity contribution in [1.29, 1.82) is 0 Å². The monoisotopic (exact) mass is 397 g/mol. The molecule has 6 N–H and O–H groups in total. The number of aromatic nitrogens is 6. The van der Waals surface area contributed by atoms with E-state index in [0.717, 1.165) is 38.5 Å². The van der Waals surface area contributed by atoms with Crippen LogP contribution in [0.4, 0.5) is 5.95 Å². The van der Waals surface area contributed by atoms with Crippen LogP contribution in [0.5, 0.6) is 5.88 Å². The maximum absolute atomic E-state index is 11.4. The Hall–Kier alpha value is -3.21. The summed E-state index contributed by atoms with van der Waals surface area (Å²) in [6, 6.07) is 0.435. The third-order valence-electron chi connectivity index (χ3n) is 5.39. The summed E-state index contributed by atoms with van der Waals surface area (Å²) in [7, 11) is 0. The van der Waals surface area contributed by atoms with Crippen LogP contribution < -0.4 is 27.6 Å². The molecule has 0 amide bonds. The quantitative estimate of drug-likeness (QED) is 0.382. The molecule has 2 aliphatic carbocycles. The van der Waals surface area contributed by atoms with E-state index < -0.39 is 5.69 Å². The lowest BCUT2D eigenvalue weighted by atomic mass is 9.91. The predicted octanol–water partition coefficient (Wildman–Crippen LogP) is -0.861. The summed E-state index contributed by atoms with van der Waals surface area (Å²) >= 11 is 0. The number of nitrogens with one attached hydrogen (secondary N) is 3. The Bertz CT molecular complexity index is 1220. The second-order valence-corrected chi connectivity index (χ2v) is 7.73. The molecule has 152 valence electrons. The minimum atomic E-state index is -0.488. The van der Waals surface area contributed by atoms with Crippen molar-refractivity contribution < 1.29 is 5.11 Å². The Morgan fingerprint density at radius 1 is 1.24 bits per heavy atom. The van der Waals surface area contributed by atoms with Crippen molar-refractivity contribution >= 4 is 17.7 Å². The van der Waals surface area contributed by atoms with Gasteiger partial charge < -0.3 is 21.1 Å². The van der Waals surface area contributed by atoms with Crippen LogP contribution in [0.15, 0.2) is 16.0 Å². The molecule has 0 radical (unpaired) electrons. The number of rotatable bonds is 4. The molecular weight excluding hydrogens is 374 g/mol. The van der Waals surface area contributed by atoms with Crippen molar-refractivity contribution in [3.05, 3.63) is 33.2 Å². The molecule has 3 heterocycles. The van der Waals surface area contributed by atoms with Gasteiger partial charge in [-0.25, -0.2) is 9.79 Å². The molecule has 0 bridgehead atoms. The van der Waals surface area contributed by atoms with E-state index in [1.165, 1.54) is 0 Å². The van der Waals surface area contributed by atoms with E-state index in [9.17, 15) is 9.90 Å². The number of nitrogens with two attached hydrogens (primary N) is 1. The molecule has 2 atom stereocenters. The van der Waals surface area contributed by atoms with E-state index in [4.69, 9.17) is 5.73 Å².